The van der Waals surface area contributed by atoms with Gasteiger partial charge in [-0.25, -0.2) is 17.9 Å². The topological polar surface area (TPSA) is 98.2 Å². The Morgan fingerprint density at radius 1 is 1.13 bits per heavy atom. The second-order valence-corrected chi connectivity index (χ2v) is 9.41. The van der Waals surface area contributed by atoms with Crippen molar-refractivity contribution in [3.05, 3.63) is 53.0 Å². The molecule has 3 aromatic rings. The third kappa shape index (κ3) is 4.60. The number of aryl methyl sites for hydroxylation is 1. The van der Waals surface area contributed by atoms with E-state index in [1.807, 2.05) is 12.1 Å². The first kappa shape index (κ1) is 21.4. The molecule has 0 radical (unpaired) electrons. The number of benzene rings is 2. The fourth-order valence-corrected chi connectivity index (χ4v) is 4.90. The Balaban J connectivity index is 1.29. The molecular formula is C21H27N4O5S+. The van der Waals surface area contributed by atoms with Gasteiger partial charge in [-0.1, -0.05) is 0 Å². The van der Waals surface area contributed by atoms with Gasteiger partial charge in [-0.3, -0.25) is 4.57 Å². The van der Waals surface area contributed by atoms with Crippen LogP contribution in [0, 0.1) is 0 Å². The summed E-state index contributed by atoms with van der Waals surface area (Å²) in [5.74, 6) is 0.323. The SMILES string of the molecule is COc1ccc(N2CC[NH+](CCNS(=O)(=O)c3ccc4c(c3)oc(=O)n4C)CC2)cc1. The molecule has 0 bridgehead atoms. The Morgan fingerprint density at radius 2 is 1.84 bits per heavy atom. The summed E-state index contributed by atoms with van der Waals surface area (Å²) in [5, 5.41) is 0. The van der Waals surface area contributed by atoms with Crippen molar-refractivity contribution < 1.29 is 22.5 Å². The molecule has 9 nitrogen and oxygen atoms in total. The van der Waals surface area contributed by atoms with Gasteiger partial charge in [0.1, 0.15) is 5.75 Å². The second-order valence-electron chi connectivity index (χ2n) is 7.64. The van der Waals surface area contributed by atoms with Gasteiger partial charge in [0.25, 0.3) is 0 Å². The molecule has 0 amide bonds. The van der Waals surface area contributed by atoms with E-state index in [4.69, 9.17) is 9.15 Å². The number of nitrogens with zero attached hydrogens (tertiary/aromatic N) is 2. The molecule has 2 heterocycles. The van der Waals surface area contributed by atoms with Crippen LogP contribution in [0.5, 0.6) is 5.75 Å². The van der Waals surface area contributed by atoms with Crippen molar-refractivity contribution in [2.75, 3.05) is 51.3 Å². The van der Waals surface area contributed by atoms with Crippen molar-refractivity contribution in [2.24, 2.45) is 7.05 Å². The van der Waals surface area contributed by atoms with Crippen LogP contribution in [0.25, 0.3) is 11.1 Å². The summed E-state index contributed by atoms with van der Waals surface area (Å²) in [5.41, 5.74) is 1.99. The third-order valence-corrected chi connectivity index (χ3v) is 7.21. The van der Waals surface area contributed by atoms with E-state index >= 15 is 0 Å². The van der Waals surface area contributed by atoms with E-state index in [0.29, 0.717) is 18.6 Å². The summed E-state index contributed by atoms with van der Waals surface area (Å²) in [6.07, 6.45) is 0. The van der Waals surface area contributed by atoms with Crippen LogP contribution in [0.15, 0.2) is 56.6 Å². The molecule has 10 heteroatoms. The number of rotatable bonds is 7. The van der Waals surface area contributed by atoms with Crippen molar-refractivity contribution in [3.63, 3.8) is 0 Å². The number of piperazine rings is 1. The second kappa shape index (κ2) is 8.74. The lowest BCUT2D eigenvalue weighted by atomic mass is 10.2. The number of methoxy groups -OCH3 is 1. The fraction of sp³-hybridized carbons (Fsp3) is 0.381. The number of nitrogens with one attached hydrogen (secondary N) is 2. The lowest BCUT2D eigenvalue weighted by Crippen LogP contribution is -3.15. The summed E-state index contributed by atoms with van der Waals surface area (Å²) in [6.45, 7) is 4.76. The molecule has 2 aromatic carbocycles. The number of oxazole rings is 1. The van der Waals surface area contributed by atoms with Crippen LogP contribution < -0.4 is 25.0 Å². The monoisotopic (exact) mass is 447 g/mol. The molecule has 2 N–H and O–H groups in total. The zero-order valence-electron chi connectivity index (χ0n) is 17.6. The van der Waals surface area contributed by atoms with E-state index in [1.54, 1.807) is 20.2 Å². The minimum absolute atomic E-state index is 0.0914. The van der Waals surface area contributed by atoms with Crippen molar-refractivity contribution in [3.8, 4) is 5.75 Å². The van der Waals surface area contributed by atoms with E-state index in [1.165, 1.54) is 27.3 Å². The molecule has 1 aromatic heterocycles. The maximum Gasteiger partial charge on any atom is 0.419 e. The highest BCUT2D eigenvalue weighted by molar-refractivity contribution is 7.89. The van der Waals surface area contributed by atoms with Crippen LogP contribution in [0.3, 0.4) is 0 Å². The number of sulfonamides is 1. The number of fused-ring (bicyclic) bond motifs is 1. The van der Waals surface area contributed by atoms with Crippen LogP contribution in [0.4, 0.5) is 5.69 Å². The zero-order valence-corrected chi connectivity index (χ0v) is 18.4. The molecule has 0 unspecified atom stereocenters. The lowest BCUT2D eigenvalue weighted by molar-refractivity contribution is -0.899. The van der Waals surface area contributed by atoms with Crippen molar-refractivity contribution in [1.29, 1.82) is 0 Å². The van der Waals surface area contributed by atoms with Crippen molar-refractivity contribution in [2.45, 2.75) is 4.90 Å². The summed E-state index contributed by atoms with van der Waals surface area (Å²) in [4.78, 5) is 15.4. The van der Waals surface area contributed by atoms with Crippen molar-refractivity contribution in [1.82, 2.24) is 9.29 Å². The number of anilines is 1. The standard InChI is InChI=1S/C21H26N4O5S/c1-23-19-8-7-18(15-20(19)30-21(23)26)31(27,28)22-9-10-24-11-13-25(14-12-24)16-3-5-17(29-2)6-4-16/h3-8,15,22H,9-14H2,1-2H3/p+1. The largest absolute Gasteiger partial charge is 0.497 e. The van der Waals surface area contributed by atoms with E-state index in [-0.39, 0.29) is 10.5 Å². The maximum atomic E-state index is 12.6. The summed E-state index contributed by atoms with van der Waals surface area (Å²) in [6, 6.07) is 12.5. The molecule has 1 saturated heterocycles. The molecule has 1 fully saturated rings. The first-order valence-electron chi connectivity index (χ1n) is 10.2. The Kier molecular flexibility index (Phi) is 6.03. The fourth-order valence-electron chi connectivity index (χ4n) is 3.85. The van der Waals surface area contributed by atoms with Gasteiger partial charge in [-0.15, -0.1) is 0 Å². The quantitative estimate of drug-likeness (QED) is 0.522. The average molecular weight is 448 g/mol. The molecule has 0 saturated carbocycles. The van der Waals surface area contributed by atoms with Crippen molar-refractivity contribution >= 4 is 26.8 Å². The summed E-state index contributed by atoms with van der Waals surface area (Å²) < 4.78 is 39.6. The van der Waals surface area contributed by atoms with Gasteiger partial charge in [0.15, 0.2) is 5.58 Å². The molecule has 0 spiro atoms. The predicted octanol–water partition coefficient (Wildman–Crippen LogP) is -0.176. The molecule has 0 atom stereocenters. The number of hydrogen-bond donors (Lipinski definition) is 2. The smallest absolute Gasteiger partial charge is 0.419 e. The van der Waals surface area contributed by atoms with Gasteiger partial charge in [0, 0.05) is 18.8 Å². The molecule has 1 aliphatic heterocycles. The van der Waals surface area contributed by atoms with Crippen LogP contribution in [-0.2, 0) is 17.1 Å². The minimum Gasteiger partial charge on any atom is -0.497 e. The zero-order chi connectivity index (χ0) is 22.0. The van der Waals surface area contributed by atoms with E-state index in [0.717, 1.165) is 31.9 Å². The van der Waals surface area contributed by atoms with E-state index in [2.05, 4.69) is 21.8 Å². The maximum absolute atomic E-state index is 12.6. The summed E-state index contributed by atoms with van der Waals surface area (Å²) in [7, 11) is -0.437. The molecule has 31 heavy (non-hydrogen) atoms. The number of ether oxygens (including phenoxy) is 1. The Morgan fingerprint density at radius 3 is 2.52 bits per heavy atom. The number of hydrogen-bond acceptors (Lipinski definition) is 6. The van der Waals surface area contributed by atoms with Crippen LogP contribution in [0.1, 0.15) is 0 Å². The third-order valence-electron chi connectivity index (χ3n) is 5.75. The molecule has 0 aliphatic carbocycles. The average Bonchev–Trinajstić information content (AvgIpc) is 3.07. The van der Waals surface area contributed by atoms with E-state index < -0.39 is 15.8 Å². The Hall–Kier alpha value is -2.82. The molecular weight excluding hydrogens is 420 g/mol. The summed E-state index contributed by atoms with van der Waals surface area (Å²) >= 11 is 0. The van der Waals surface area contributed by atoms with Crippen LogP contribution in [0.2, 0.25) is 0 Å². The number of quaternary nitrogens is 1. The highest BCUT2D eigenvalue weighted by Crippen LogP contribution is 2.19. The molecule has 1 aliphatic rings. The van der Waals surface area contributed by atoms with Crippen LogP contribution in [-0.4, -0.2) is 59.4 Å². The normalized spacial score (nSPS) is 15.5. The Bertz CT molecular complexity index is 1210. The van der Waals surface area contributed by atoms with Crippen LogP contribution >= 0.6 is 0 Å². The van der Waals surface area contributed by atoms with Gasteiger partial charge >= 0.3 is 5.76 Å². The first-order valence-corrected chi connectivity index (χ1v) is 11.7. The first-order chi connectivity index (χ1) is 14.9. The lowest BCUT2D eigenvalue weighted by Gasteiger charge is -2.33. The molecule has 4 rings (SSSR count). The van der Waals surface area contributed by atoms with Gasteiger partial charge in [-0.2, -0.15) is 0 Å². The number of aromatic nitrogens is 1. The minimum atomic E-state index is -3.67. The van der Waals surface area contributed by atoms with Gasteiger partial charge < -0.3 is 19.0 Å². The predicted molar refractivity (Wildman–Crippen MR) is 117 cm³/mol. The van der Waals surface area contributed by atoms with Gasteiger partial charge in [0.2, 0.25) is 10.0 Å². The highest BCUT2D eigenvalue weighted by atomic mass is 32.2. The van der Waals surface area contributed by atoms with E-state index in [9.17, 15) is 13.2 Å². The highest BCUT2D eigenvalue weighted by Gasteiger charge is 2.22. The molecule has 166 valence electrons. The van der Waals surface area contributed by atoms with Gasteiger partial charge in [-0.05, 0) is 36.4 Å². The Labute approximate surface area is 180 Å². The van der Waals surface area contributed by atoms with Gasteiger partial charge in [0.05, 0.1) is 56.8 Å².